The summed E-state index contributed by atoms with van der Waals surface area (Å²) in [6.45, 7) is 2.28. The molecule has 0 N–H and O–H groups in total. The van der Waals surface area contributed by atoms with Gasteiger partial charge in [0.1, 0.15) is 0 Å². The minimum absolute atomic E-state index is 1.17. The second kappa shape index (κ2) is 7.95. The third-order valence-corrected chi connectivity index (χ3v) is 7.72. The standard InChI is InChI=1S/C31H32N2/c1-4-5-6-7-8-9-21-20-29-27-13-11-22-23(25(27)15-17-31(29)33(21)3)10-12-26-24(22)14-16-30-28(26)18-19-32(30)2/h10-20H,4-9H2,1-3H3. The predicted octanol–water partition coefficient (Wildman–Crippen LogP) is 8.64. The third kappa shape index (κ3) is 3.15. The van der Waals surface area contributed by atoms with Crippen LogP contribution < -0.4 is 0 Å². The molecule has 6 aromatic rings. The second-order valence-electron chi connectivity index (χ2n) is 9.70. The molecule has 0 unspecified atom stereocenters. The van der Waals surface area contributed by atoms with Crippen LogP contribution in [0.2, 0.25) is 0 Å². The average molecular weight is 433 g/mol. The van der Waals surface area contributed by atoms with E-state index in [1.54, 1.807) is 0 Å². The maximum Gasteiger partial charge on any atom is 0.0486 e. The van der Waals surface area contributed by atoms with Gasteiger partial charge in [-0.05, 0) is 69.4 Å². The first-order valence-corrected chi connectivity index (χ1v) is 12.5. The van der Waals surface area contributed by atoms with Crippen molar-refractivity contribution in [2.24, 2.45) is 14.1 Å². The summed E-state index contributed by atoms with van der Waals surface area (Å²) in [6, 6.07) is 23.2. The van der Waals surface area contributed by atoms with E-state index in [4.69, 9.17) is 0 Å². The Balaban J connectivity index is 1.49. The summed E-state index contributed by atoms with van der Waals surface area (Å²) < 4.78 is 4.61. The lowest BCUT2D eigenvalue weighted by atomic mass is 9.94. The zero-order valence-electron chi connectivity index (χ0n) is 20.0. The molecule has 2 nitrogen and oxygen atoms in total. The van der Waals surface area contributed by atoms with Crippen LogP contribution in [-0.4, -0.2) is 9.13 Å². The van der Waals surface area contributed by atoms with E-state index in [1.165, 1.54) is 98.3 Å². The number of aryl methyl sites for hydroxylation is 3. The molecule has 0 saturated carbocycles. The molecular weight excluding hydrogens is 400 g/mol. The van der Waals surface area contributed by atoms with Crippen molar-refractivity contribution < 1.29 is 0 Å². The van der Waals surface area contributed by atoms with Gasteiger partial charge in [0, 0.05) is 47.8 Å². The average Bonchev–Trinajstić information content (AvgIpc) is 3.38. The summed E-state index contributed by atoms with van der Waals surface area (Å²) in [7, 11) is 4.35. The van der Waals surface area contributed by atoms with Crippen LogP contribution in [0.5, 0.6) is 0 Å². The Kier molecular flexibility index (Phi) is 4.90. The SMILES string of the molecule is CCCCCCCc1cc2c3ccc4c(ccc5c4ccc4c5ccn4C)c3ccc2n1C. The molecule has 2 heteroatoms. The molecular formula is C31H32N2. The van der Waals surface area contributed by atoms with Gasteiger partial charge >= 0.3 is 0 Å². The molecule has 0 fully saturated rings. The molecule has 166 valence electrons. The number of benzene rings is 4. The van der Waals surface area contributed by atoms with Crippen molar-refractivity contribution in [3.8, 4) is 0 Å². The molecule has 0 atom stereocenters. The maximum absolute atomic E-state index is 2.44. The summed E-state index contributed by atoms with van der Waals surface area (Å²) in [5.74, 6) is 0. The van der Waals surface area contributed by atoms with Gasteiger partial charge in [-0.3, -0.25) is 0 Å². The van der Waals surface area contributed by atoms with Gasteiger partial charge in [0.15, 0.2) is 0 Å². The molecule has 2 aromatic heterocycles. The number of hydrogen-bond donors (Lipinski definition) is 0. The van der Waals surface area contributed by atoms with Crippen molar-refractivity contribution in [2.75, 3.05) is 0 Å². The zero-order chi connectivity index (χ0) is 22.5. The fourth-order valence-corrected chi connectivity index (χ4v) is 5.82. The van der Waals surface area contributed by atoms with Gasteiger partial charge in [-0.2, -0.15) is 0 Å². The first kappa shape index (κ1) is 20.4. The Morgan fingerprint density at radius 1 is 0.545 bits per heavy atom. The normalized spacial score (nSPS) is 12.2. The lowest BCUT2D eigenvalue weighted by molar-refractivity contribution is 0.622. The van der Waals surface area contributed by atoms with Crippen LogP contribution in [0.4, 0.5) is 0 Å². The molecule has 0 aliphatic carbocycles. The summed E-state index contributed by atoms with van der Waals surface area (Å²) in [4.78, 5) is 0. The molecule has 0 aliphatic rings. The first-order chi connectivity index (χ1) is 16.2. The number of rotatable bonds is 6. The van der Waals surface area contributed by atoms with Gasteiger partial charge in [0.25, 0.3) is 0 Å². The molecule has 0 bridgehead atoms. The van der Waals surface area contributed by atoms with Crippen molar-refractivity contribution in [3.05, 3.63) is 72.6 Å². The van der Waals surface area contributed by atoms with E-state index in [-0.39, 0.29) is 0 Å². The molecule has 0 radical (unpaired) electrons. The Bertz CT molecular complexity index is 1640. The van der Waals surface area contributed by atoms with Crippen LogP contribution in [0.15, 0.2) is 66.9 Å². The summed E-state index contributed by atoms with van der Waals surface area (Å²) in [5, 5.41) is 10.8. The summed E-state index contributed by atoms with van der Waals surface area (Å²) >= 11 is 0. The van der Waals surface area contributed by atoms with Gasteiger partial charge < -0.3 is 9.13 Å². The van der Waals surface area contributed by atoms with E-state index >= 15 is 0 Å². The number of unbranched alkanes of at least 4 members (excludes halogenated alkanes) is 4. The summed E-state index contributed by atoms with van der Waals surface area (Å²) in [6.07, 6.45) is 9.97. The van der Waals surface area contributed by atoms with Crippen molar-refractivity contribution in [3.63, 3.8) is 0 Å². The topological polar surface area (TPSA) is 9.86 Å². The number of aromatic nitrogens is 2. The Hall–Kier alpha value is -3.26. The monoisotopic (exact) mass is 432 g/mol. The Morgan fingerprint density at radius 3 is 1.76 bits per heavy atom. The molecule has 0 aliphatic heterocycles. The van der Waals surface area contributed by atoms with Gasteiger partial charge in [0.2, 0.25) is 0 Å². The fraction of sp³-hybridized carbons (Fsp3) is 0.290. The minimum atomic E-state index is 1.17. The van der Waals surface area contributed by atoms with Crippen LogP contribution in [0.1, 0.15) is 44.7 Å². The Morgan fingerprint density at radius 2 is 1.09 bits per heavy atom. The van der Waals surface area contributed by atoms with Crippen LogP contribution in [0.25, 0.3) is 54.1 Å². The van der Waals surface area contributed by atoms with Crippen molar-refractivity contribution in [1.29, 1.82) is 0 Å². The van der Waals surface area contributed by atoms with E-state index in [1.807, 2.05) is 0 Å². The van der Waals surface area contributed by atoms with Gasteiger partial charge in [0.05, 0.1) is 0 Å². The van der Waals surface area contributed by atoms with E-state index < -0.39 is 0 Å². The lowest BCUT2D eigenvalue weighted by Crippen LogP contribution is -1.96. The smallest absolute Gasteiger partial charge is 0.0486 e. The molecule has 6 rings (SSSR count). The fourth-order valence-electron chi connectivity index (χ4n) is 5.82. The van der Waals surface area contributed by atoms with Crippen LogP contribution in [0.3, 0.4) is 0 Å². The zero-order valence-corrected chi connectivity index (χ0v) is 20.0. The van der Waals surface area contributed by atoms with E-state index in [2.05, 4.69) is 97.0 Å². The minimum Gasteiger partial charge on any atom is -0.351 e. The first-order valence-electron chi connectivity index (χ1n) is 12.5. The van der Waals surface area contributed by atoms with Crippen molar-refractivity contribution in [2.45, 2.75) is 45.4 Å². The van der Waals surface area contributed by atoms with Crippen molar-refractivity contribution >= 4 is 54.1 Å². The second-order valence-corrected chi connectivity index (χ2v) is 9.70. The highest BCUT2D eigenvalue weighted by molar-refractivity contribution is 6.24. The maximum atomic E-state index is 2.44. The number of fused-ring (bicyclic) bond motifs is 9. The highest BCUT2D eigenvalue weighted by Crippen LogP contribution is 2.37. The van der Waals surface area contributed by atoms with Crippen LogP contribution in [-0.2, 0) is 20.5 Å². The molecule has 33 heavy (non-hydrogen) atoms. The van der Waals surface area contributed by atoms with Crippen molar-refractivity contribution in [1.82, 2.24) is 9.13 Å². The van der Waals surface area contributed by atoms with Gasteiger partial charge in [-0.25, -0.2) is 0 Å². The molecule has 4 aromatic carbocycles. The predicted molar refractivity (Wildman–Crippen MR) is 144 cm³/mol. The molecule has 0 spiro atoms. The van der Waals surface area contributed by atoms with Gasteiger partial charge in [-0.1, -0.05) is 69.0 Å². The third-order valence-electron chi connectivity index (χ3n) is 7.72. The molecule has 2 heterocycles. The van der Waals surface area contributed by atoms with E-state index in [9.17, 15) is 0 Å². The highest BCUT2D eigenvalue weighted by Gasteiger charge is 2.13. The number of nitrogens with zero attached hydrogens (tertiary/aromatic N) is 2. The van der Waals surface area contributed by atoms with Gasteiger partial charge in [-0.15, -0.1) is 0 Å². The van der Waals surface area contributed by atoms with E-state index in [0.29, 0.717) is 0 Å². The lowest BCUT2D eigenvalue weighted by Gasteiger charge is -2.10. The Labute approximate surface area is 195 Å². The van der Waals surface area contributed by atoms with Crippen LogP contribution in [0, 0.1) is 0 Å². The summed E-state index contributed by atoms with van der Waals surface area (Å²) in [5.41, 5.74) is 4.09. The van der Waals surface area contributed by atoms with Crippen LogP contribution >= 0.6 is 0 Å². The van der Waals surface area contributed by atoms with E-state index in [0.717, 1.165) is 0 Å². The largest absolute Gasteiger partial charge is 0.351 e. The highest BCUT2D eigenvalue weighted by atomic mass is 14.9. The number of hydrogen-bond acceptors (Lipinski definition) is 0. The molecule has 0 saturated heterocycles. The quantitative estimate of drug-likeness (QED) is 0.184. The molecule has 0 amide bonds.